The van der Waals surface area contributed by atoms with Crippen molar-refractivity contribution < 1.29 is 22.4 Å². The molecule has 1 aromatic carbocycles. The number of carbonyl (C=O) groups is 1. The van der Waals surface area contributed by atoms with Crippen LogP contribution in [-0.4, -0.2) is 80.5 Å². The minimum Gasteiger partial charge on any atom is -0.468 e. The molecule has 2 atom stereocenters. The molecule has 0 spiro atoms. The SMILES string of the molecule is COCCCN(CCNC(=O)c1ccc(NC2=N[C@H]3CS(=O)(=O)C[C@@H]3S2)cc1)Cc1ccco1. The Bertz CT molecular complexity index is 1090. The Morgan fingerprint density at radius 2 is 2.06 bits per heavy atom. The lowest BCUT2D eigenvalue weighted by Gasteiger charge is -2.21. The Morgan fingerprint density at radius 1 is 1.24 bits per heavy atom. The van der Waals surface area contributed by atoms with Gasteiger partial charge in [-0.05, 0) is 42.8 Å². The molecule has 0 bridgehead atoms. The van der Waals surface area contributed by atoms with E-state index in [0.29, 0.717) is 31.8 Å². The number of sulfone groups is 1. The number of fused-ring (bicyclic) bond motifs is 1. The normalized spacial score (nSPS) is 20.8. The third-order valence-electron chi connectivity index (χ3n) is 5.71. The Morgan fingerprint density at radius 3 is 2.76 bits per heavy atom. The van der Waals surface area contributed by atoms with E-state index in [0.717, 1.165) is 29.6 Å². The number of aliphatic imine (C=N–C) groups is 1. The Labute approximate surface area is 204 Å². The molecule has 9 nitrogen and oxygen atoms in total. The van der Waals surface area contributed by atoms with Gasteiger partial charge in [0, 0.05) is 49.9 Å². The summed E-state index contributed by atoms with van der Waals surface area (Å²) in [5, 5.41) is 6.93. The van der Waals surface area contributed by atoms with Crippen LogP contribution in [-0.2, 0) is 21.1 Å². The fourth-order valence-corrected chi connectivity index (χ4v) is 7.68. The van der Waals surface area contributed by atoms with Gasteiger partial charge in [-0.25, -0.2) is 8.42 Å². The van der Waals surface area contributed by atoms with Crippen LogP contribution in [0.5, 0.6) is 0 Å². The van der Waals surface area contributed by atoms with E-state index in [9.17, 15) is 13.2 Å². The van der Waals surface area contributed by atoms with Crippen LogP contribution in [0.4, 0.5) is 5.69 Å². The molecule has 1 fully saturated rings. The van der Waals surface area contributed by atoms with Crippen LogP contribution >= 0.6 is 11.8 Å². The summed E-state index contributed by atoms with van der Waals surface area (Å²) < 4.78 is 34.0. The number of amidine groups is 1. The molecule has 3 heterocycles. The molecule has 0 saturated carbocycles. The summed E-state index contributed by atoms with van der Waals surface area (Å²) in [7, 11) is -1.27. The third kappa shape index (κ3) is 6.84. The van der Waals surface area contributed by atoms with Gasteiger partial charge in [0.2, 0.25) is 0 Å². The van der Waals surface area contributed by atoms with Crippen molar-refractivity contribution in [2.75, 3.05) is 50.2 Å². The molecular formula is C23H30N4O5S2. The third-order valence-corrected chi connectivity index (χ3v) is 8.85. The van der Waals surface area contributed by atoms with Crippen LogP contribution in [0, 0.1) is 0 Å². The molecule has 34 heavy (non-hydrogen) atoms. The predicted octanol–water partition coefficient (Wildman–Crippen LogP) is 2.23. The minimum atomic E-state index is -2.96. The molecule has 0 unspecified atom stereocenters. The standard InChI is InChI=1S/C23H30N4O5S2/c1-31-12-3-10-27(14-19-4-2-13-32-19)11-9-24-22(28)17-5-7-18(8-6-17)25-23-26-20-15-34(29,30)16-21(20)33-23/h2,4-8,13,20-21H,3,9-12,14-16H2,1H3,(H,24,28)(H,25,26)/t20-,21-/m0/s1. The van der Waals surface area contributed by atoms with Gasteiger partial charge in [0.25, 0.3) is 5.91 Å². The van der Waals surface area contributed by atoms with Crippen LogP contribution in [0.25, 0.3) is 0 Å². The van der Waals surface area contributed by atoms with E-state index < -0.39 is 9.84 Å². The fraction of sp³-hybridized carbons (Fsp3) is 0.478. The highest BCUT2D eigenvalue weighted by Crippen LogP contribution is 2.34. The summed E-state index contributed by atoms with van der Waals surface area (Å²) in [5.74, 6) is 1.07. The van der Waals surface area contributed by atoms with E-state index in [2.05, 4.69) is 20.5 Å². The lowest BCUT2D eigenvalue weighted by Crippen LogP contribution is -2.35. The molecule has 1 aromatic heterocycles. The second-order valence-corrected chi connectivity index (χ2v) is 11.8. The van der Waals surface area contributed by atoms with E-state index in [1.165, 1.54) is 11.8 Å². The van der Waals surface area contributed by atoms with Crippen molar-refractivity contribution in [2.45, 2.75) is 24.3 Å². The van der Waals surface area contributed by atoms with Gasteiger partial charge in [0.1, 0.15) is 5.76 Å². The van der Waals surface area contributed by atoms with Crippen LogP contribution in [0.2, 0.25) is 0 Å². The molecule has 0 radical (unpaired) electrons. The first-order chi connectivity index (χ1) is 16.4. The van der Waals surface area contributed by atoms with Crippen molar-refractivity contribution in [1.82, 2.24) is 10.2 Å². The average Bonchev–Trinajstić information content (AvgIpc) is 3.49. The number of hydrogen-bond donors (Lipinski definition) is 2. The Balaban J connectivity index is 1.24. The first kappa shape index (κ1) is 24.8. The average molecular weight is 507 g/mol. The number of carbonyl (C=O) groups excluding carboxylic acids is 1. The molecule has 2 aromatic rings. The predicted molar refractivity (Wildman–Crippen MR) is 134 cm³/mol. The topological polar surface area (TPSA) is 113 Å². The maximum absolute atomic E-state index is 12.6. The Hall–Kier alpha value is -2.34. The minimum absolute atomic E-state index is 0.000556. The van der Waals surface area contributed by atoms with Gasteiger partial charge in [0.05, 0.1) is 30.4 Å². The van der Waals surface area contributed by atoms with Gasteiger partial charge < -0.3 is 19.8 Å². The van der Waals surface area contributed by atoms with Crippen molar-refractivity contribution in [3.05, 3.63) is 54.0 Å². The van der Waals surface area contributed by atoms with Crippen molar-refractivity contribution in [2.24, 2.45) is 4.99 Å². The van der Waals surface area contributed by atoms with E-state index in [-0.39, 0.29) is 28.7 Å². The monoisotopic (exact) mass is 506 g/mol. The first-order valence-electron chi connectivity index (χ1n) is 11.3. The highest BCUT2D eigenvalue weighted by Gasteiger charge is 2.42. The van der Waals surface area contributed by atoms with Crippen LogP contribution < -0.4 is 10.6 Å². The fourth-order valence-electron chi connectivity index (χ4n) is 4.00. The Kier molecular flexibility index (Phi) is 8.30. The molecule has 1 saturated heterocycles. The summed E-state index contributed by atoms with van der Waals surface area (Å²) in [6.45, 7) is 3.44. The molecule has 2 aliphatic rings. The molecule has 2 N–H and O–H groups in total. The van der Waals surface area contributed by atoms with Gasteiger partial charge in [-0.15, -0.1) is 0 Å². The molecule has 4 rings (SSSR count). The number of methoxy groups -OCH3 is 1. The summed E-state index contributed by atoms with van der Waals surface area (Å²) >= 11 is 1.47. The summed E-state index contributed by atoms with van der Waals surface area (Å²) in [5.41, 5.74) is 1.39. The quantitative estimate of drug-likeness (QED) is 0.446. The van der Waals surface area contributed by atoms with Gasteiger partial charge in [-0.2, -0.15) is 0 Å². The maximum atomic E-state index is 12.6. The number of anilines is 1. The molecule has 1 amide bonds. The summed E-state index contributed by atoms with van der Waals surface area (Å²) in [4.78, 5) is 19.3. The zero-order valence-electron chi connectivity index (χ0n) is 19.1. The number of hydrogen-bond acceptors (Lipinski definition) is 9. The van der Waals surface area contributed by atoms with Crippen LogP contribution in [0.1, 0.15) is 22.5 Å². The largest absolute Gasteiger partial charge is 0.468 e. The lowest BCUT2D eigenvalue weighted by atomic mass is 10.2. The van der Waals surface area contributed by atoms with Gasteiger partial charge >= 0.3 is 0 Å². The van der Waals surface area contributed by atoms with E-state index >= 15 is 0 Å². The lowest BCUT2D eigenvalue weighted by molar-refractivity contribution is 0.0945. The van der Waals surface area contributed by atoms with Crippen molar-refractivity contribution in [3.8, 4) is 0 Å². The van der Waals surface area contributed by atoms with Crippen molar-refractivity contribution in [3.63, 3.8) is 0 Å². The van der Waals surface area contributed by atoms with Crippen LogP contribution in [0.3, 0.4) is 0 Å². The van der Waals surface area contributed by atoms with Gasteiger partial charge in [0.15, 0.2) is 15.0 Å². The van der Waals surface area contributed by atoms with E-state index in [1.807, 2.05) is 24.3 Å². The molecule has 0 aliphatic carbocycles. The smallest absolute Gasteiger partial charge is 0.251 e. The van der Waals surface area contributed by atoms with Gasteiger partial charge in [-0.3, -0.25) is 14.7 Å². The molecule has 2 aliphatic heterocycles. The number of rotatable bonds is 11. The first-order valence-corrected chi connectivity index (χ1v) is 14.0. The zero-order valence-corrected chi connectivity index (χ0v) is 20.7. The number of nitrogens with zero attached hydrogens (tertiary/aromatic N) is 2. The summed E-state index contributed by atoms with van der Waals surface area (Å²) in [6, 6.07) is 10.8. The molecule has 184 valence electrons. The number of ether oxygens (including phenoxy) is 1. The number of nitrogens with one attached hydrogen (secondary N) is 2. The number of furan rings is 1. The zero-order chi connectivity index (χ0) is 24.0. The molecule has 11 heteroatoms. The van der Waals surface area contributed by atoms with Crippen molar-refractivity contribution >= 4 is 38.4 Å². The second-order valence-electron chi connectivity index (χ2n) is 8.39. The highest BCUT2D eigenvalue weighted by molar-refractivity contribution is 8.15. The van der Waals surface area contributed by atoms with E-state index in [4.69, 9.17) is 9.15 Å². The molecular weight excluding hydrogens is 476 g/mol. The maximum Gasteiger partial charge on any atom is 0.251 e. The number of amides is 1. The van der Waals surface area contributed by atoms with E-state index in [1.54, 1.807) is 25.5 Å². The summed E-state index contributed by atoms with van der Waals surface area (Å²) in [6.07, 6.45) is 2.57. The van der Waals surface area contributed by atoms with Gasteiger partial charge in [-0.1, -0.05) is 11.8 Å². The van der Waals surface area contributed by atoms with Crippen LogP contribution in [0.15, 0.2) is 52.1 Å². The van der Waals surface area contributed by atoms with Crippen molar-refractivity contribution in [1.29, 1.82) is 0 Å². The number of thioether (sulfide) groups is 1. The number of benzene rings is 1. The highest BCUT2D eigenvalue weighted by atomic mass is 32.2. The second kappa shape index (κ2) is 11.4.